The predicted molar refractivity (Wildman–Crippen MR) is 239 cm³/mol. The van der Waals surface area contributed by atoms with E-state index in [9.17, 15) is 10.5 Å². The van der Waals surface area contributed by atoms with Crippen LogP contribution in [0.5, 0.6) is 0 Å². The average molecular weight is 769 g/mol. The van der Waals surface area contributed by atoms with E-state index in [1.54, 1.807) is 12.4 Å². The Kier molecular flexibility index (Phi) is 7.19. The Balaban J connectivity index is 1.13. The lowest BCUT2D eigenvalue weighted by atomic mass is 9.91. The molecule has 0 fully saturated rings. The van der Waals surface area contributed by atoms with Gasteiger partial charge in [-0.05, 0) is 119 Å². The van der Waals surface area contributed by atoms with Gasteiger partial charge in [0.25, 0.3) is 0 Å². The number of hydrogen-bond acceptors (Lipinski definition) is 8. The summed E-state index contributed by atoms with van der Waals surface area (Å²) in [6, 6.07) is 57.7. The minimum absolute atomic E-state index is 0.573. The van der Waals surface area contributed by atoms with Crippen LogP contribution in [0, 0.1) is 22.7 Å². The summed E-state index contributed by atoms with van der Waals surface area (Å²) in [5.41, 5.74) is 9.12. The molecule has 8 heteroatoms. The molecule has 0 aliphatic carbocycles. The van der Waals surface area contributed by atoms with Crippen LogP contribution in [0.25, 0.3) is 76.5 Å². The Morgan fingerprint density at radius 2 is 0.800 bits per heavy atom. The van der Waals surface area contributed by atoms with E-state index in [1.807, 2.05) is 72.8 Å². The molecule has 0 N–H and O–H groups in total. The van der Waals surface area contributed by atoms with Crippen LogP contribution >= 0.6 is 0 Å². The fourth-order valence-electron chi connectivity index (χ4n) is 8.93. The molecule has 8 nitrogen and oxygen atoms in total. The molecule has 4 heterocycles. The lowest BCUT2D eigenvalue weighted by Gasteiger charge is -2.29. The fourth-order valence-corrected chi connectivity index (χ4v) is 8.93. The van der Waals surface area contributed by atoms with Gasteiger partial charge in [0.2, 0.25) is 11.4 Å². The smallest absolute Gasteiger partial charge is 0.227 e. The minimum atomic E-state index is 0.573. The van der Waals surface area contributed by atoms with Gasteiger partial charge in [0, 0.05) is 56.1 Å². The number of nitriles is 2. The maximum Gasteiger partial charge on any atom is 0.227 e. The first-order valence-corrected chi connectivity index (χ1v) is 19.5. The number of aromatic nitrogens is 2. The molecule has 0 saturated heterocycles. The zero-order chi connectivity index (χ0) is 39.9. The predicted octanol–water partition coefficient (Wildman–Crippen LogP) is 13.9. The van der Waals surface area contributed by atoms with E-state index in [0.29, 0.717) is 22.6 Å². The van der Waals surface area contributed by atoms with Gasteiger partial charge in [-0.1, -0.05) is 60.7 Å². The second-order valence-electron chi connectivity index (χ2n) is 14.8. The van der Waals surface area contributed by atoms with Crippen LogP contribution in [0.3, 0.4) is 0 Å². The Labute approximate surface area is 341 Å². The first kappa shape index (κ1) is 33.4. The summed E-state index contributed by atoms with van der Waals surface area (Å²) in [5.74, 6) is 0. The molecule has 0 radical (unpaired) electrons. The van der Waals surface area contributed by atoms with Crippen molar-refractivity contribution in [1.29, 1.82) is 10.5 Å². The summed E-state index contributed by atoms with van der Waals surface area (Å²) in [4.78, 5) is 13.5. The van der Waals surface area contributed by atoms with E-state index in [4.69, 9.17) is 8.83 Å². The van der Waals surface area contributed by atoms with Crippen LogP contribution in [-0.2, 0) is 0 Å². The maximum atomic E-state index is 9.73. The molecule has 0 spiro atoms. The van der Waals surface area contributed by atoms with Gasteiger partial charge in [0.15, 0.2) is 11.2 Å². The number of fused-ring (bicyclic) bond motifs is 6. The number of benzene rings is 8. The van der Waals surface area contributed by atoms with Gasteiger partial charge in [-0.2, -0.15) is 10.5 Å². The van der Waals surface area contributed by atoms with E-state index < -0.39 is 0 Å². The van der Waals surface area contributed by atoms with Crippen molar-refractivity contribution in [2.45, 2.75) is 0 Å². The van der Waals surface area contributed by atoms with Crippen LogP contribution in [-0.4, -0.2) is 9.97 Å². The Hall–Kier alpha value is -8.72. The average Bonchev–Trinajstić information content (AvgIpc) is 3.89. The van der Waals surface area contributed by atoms with Crippen LogP contribution in [0.1, 0.15) is 11.1 Å². The molecule has 0 aliphatic rings. The highest BCUT2D eigenvalue weighted by atomic mass is 16.3. The molecule has 0 saturated carbocycles. The largest absolute Gasteiger partial charge is 0.435 e. The number of hydrogen-bond donors (Lipinski definition) is 0. The Bertz CT molecular complexity index is 3510. The van der Waals surface area contributed by atoms with Gasteiger partial charge in [0.05, 0.1) is 46.0 Å². The van der Waals surface area contributed by atoms with Crippen molar-refractivity contribution >= 4 is 111 Å². The van der Waals surface area contributed by atoms with E-state index in [2.05, 4.69) is 117 Å². The normalized spacial score (nSPS) is 11.6. The third kappa shape index (κ3) is 4.89. The number of nitrogens with zero attached hydrogens (tertiary/aromatic N) is 6. The summed E-state index contributed by atoms with van der Waals surface area (Å²) in [6.45, 7) is 0. The van der Waals surface area contributed by atoms with Gasteiger partial charge < -0.3 is 18.6 Å². The van der Waals surface area contributed by atoms with Crippen molar-refractivity contribution in [3.8, 4) is 12.1 Å². The first-order chi connectivity index (χ1) is 29.7. The molecule has 0 unspecified atom stereocenters. The Morgan fingerprint density at radius 3 is 1.23 bits per heavy atom. The highest BCUT2D eigenvalue weighted by molar-refractivity contribution is 6.28. The fraction of sp³-hybridized carbons (Fsp3) is 0. The van der Waals surface area contributed by atoms with Crippen molar-refractivity contribution in [2.75, 3.05) is 9.80 Å². The quantitative estimate of drug-likeness (QED) is 0.154. The van der Waals surface area contributed by atoms with E-state index in [1.165, 1.54) is 0 Å². The molecule has 278 valence electrons. The van der Waals surface area contributed by atoms with Gasteiger partial charge >= 0.3 is 0 Å². The van der Waals surface area contributed by atoms with Crippen LogP contribution in [0.4, 0.5) is 34.1 Å². The third-order valence-corrected chi connectivity index (χ3v) is 11.6. The van der Waals surface area contributed by atoms with Crippen LogP contribution in [0.15, 0.2) is 179 Å². The summed E-state index contributed by atoms with van der Waals surface area (Å²) >= 11 is 0. The van der Waals surface area contributed by atoms with Gasteiger partial charge in [-0.25, -0.2) is 9.97 Å². The van der Waals surface area contributed by atoms with Gasteiger partial charge in [-0.3, -0.25) is 0 Å². The molecular formula is C52H28N6O2. The lowest BCUT2D eigenvalue weighted by molar-refractivity contribution is 0.654. The molecule has 0 amide bonds. The molecule has 12 rings (SSSR count). The molecule has 0 atom stereocenters. The monoisotopic (exact) mass is 768 g/mol. The number of pyridine rings is 2. The number of furan rings is 2. The third-order valence-electron chi connectivity index (χ3n) is 11.6. The van der Waals surface area contributed by atoms with Crippen molar-refractivity contribution in [1.82, 2.24) is 9.97 Å². The summed E-state index contributed by atoms with van der Waals surface area (Å²) in [5, 5.41) is 29.8. The van der Waals surface area contributed by atoms with E-state index in [0.717, 1.165) is 99.2 Å². The van der Waals surface area contributed by atoms with Crippen LogP contribution < -0.4 is 9.80 Å². The molecule has 60 heavy (non-hydrogen) atoms. The topological polar surface area (TPSA) is 106 Å². The molecule has 0 aliphatic heterocycles. The van der Waals surface area contributed by atoms with Crippen molar-refractivity contribution < 1.29 is 8.83 Å². The first-order valence-electron chi connectivity index (χ1n) is 19.5. The van der Waals surface area contributed by atoms with Crippen molar-refractivity contribution in [3.05, 3.63) is 181 Å². The zero-order valence-corrected chi connectivity index (χ0v) is 31.7. The van der Waals surface area contributed by atoms with Crippen molar-refractivity contribution in [3.63, 3.8) is 0 Å². The van der Waals surface area contributed by atoms with Gasteiger partial charge in [0.1, 0.15) is 0 Å². The summed E-state index contributed by atoms with van der Waals surface area (Å²) < 4.78 is 13.1. The molecule has 0 bridgehead atoms. The van der Waals surface area contributed by atoms with E-state index >= 15 is 0 Å². The standard InChI is InChI=1S/C52H28N6O2/c53-29-31-11-19-35(20-12-31)57(45-9-1-5-37-39-7-3-27-55-51(39)59-49(37)45)43-25-17-33-16-24-42-44(26-18-34-15-23-41(43)47(33)48(34)42)58(36-21-13-32(30-54)14-22-36)46-10-2-6-38-40-8-4-28-56-52(40)60-50(38)46/h1-28H. The SMILES string of the molecule is N#Cc1ccc(N(c2ccc3ccc4c(N(c5ccc(C#N)cc5)c5cccc6c5oc5ncccc56)ccc5ccc2c3c54)c2cccc3c2oc2ncccc23)cc1. The summed E-state index contributed by atoms with van der Waals surface area (Å²) in [7, 11) is 0. The molecule has 12 aromatic rings. The summed E-state index contributed by atoms with van der Waals surface area (Å²) in [6.07, 6.45) is 3.49. The van der Waals surface area contributed by atoms with Gasteiger partial charge in [-0.15, -0.1) is 0 Å². The van der Waals surface area contributed by atoms with E-state index in [-0.39, 0.29) is 0 Å². The lowest BCUT2D eigenvalue weighted by Crippen LogP contribution is -2.12. The highest BCUT2D eigenvalue weighted by Gasteiger charge is 2.25. The highest BCUT2D eigenvalue weighted by Crippen LogP contribution is 2.50. The van der Waals surface area contributed by atoms with Crippen molar-refractivity contribution in [2.24, 2.45) is 0 Å². The second-order valence-corrected chi connectivity index (χ2v) is 14.8. The van der Waals surface area contributed by atoms with Crippen LogP contribution in [0.2, 0.25) is 0 Å². The molecule has 8 aromatic carbocycles. The zero-order valence-electron chi connectivity index (χ0n) is 31.7. The number of rotatable bonds is 6. The molecule has 4 aromatic heterocycles. The molecular weight excluding hydrogens is 741 g/mol. The second kappa shape index (κ2) is 12.9. The number of para-hydroxylation sites is 2. The minimum Gasteiger partial charge on any atom is -0.435 e. The Morgan fingerprint density at radius 1 is 0.383 bits per heavy atom. The number of anilines is 6. The maximum absolute atomic E-state index is 9.73.